The molecule has 1 aromatic carbocycles. The van der Waals surface area contributed by atoms with Gasteiger partial charge in [0.2, 0.25) is 8.11 Å². The van der Waals surface area contributed by atoms with E-state index in [0.717, 1.165) is 0 Å². The SMILES string of the molecule is Cl[Si](c1ccccc1)C1C=CC=C1. The lowest BCUT2D eigenvalue weighted by molar-refractivity contribution is 1.39. The standard InChI is InChI=1S/C11H10ClSi/c12-13(11-8-4-5-9-11)10-6-2-1-3-7-10/h1-9,11H. The largest absolute Gasteiger partial charge is 0.210 e. The Labute approximate surface area is 84.9 Å². The van der Waals surface area contributed by atoms with Crippen LogP contribution in [-0.4, -0.2) is 8.11 Å². The lowest BCUT2D eigenvalue weighted by atomic mass is 10.4. The molecular formula is C11H10ClSi. The Bertz CT molecular complexity index is 317. The molecule has 1 aromatic rings. The molecule has 0 spiro atoms. The first kappa shape index (κ1) is 8.79. The van der Waals surface area contributed by atoms with Crippen molar-refractivity contribution in [2.24, 2.45) is 0 Å². The van der Waals surface area contributed by atoms with Gasteiger partial charge in [-0.25, -0.2) is 0 Å². The van der Waals surface area contributed by atoms with Crippen molar-refractivity contribution < 1.29 is 0 Å². The molecule has 0 N–H and O–H groups in total. The average molecular weight is 206 g/mol. The maximum absolute atomic E-state index is 6.41. The molecule has 0 heterocycles. The molecule has 0 unspecified atom stereocenters. The summed E-state index contributed by atoms with van der Waals surface area (Å²) in [6.45, 7) is 0. The quantitative estimate of drug-likeness (QED) is 0.515. The third-order valence-corrected chi connectivity index (χ3v) is 5.36. The van der Waals surface area contributed by atoms with E-state index in [0.29, 0.717) is 5.54 Å². The van der Waals surface area contributed by atoms with E-state index in [4.69, 9.17) is 11.1 Å². The molecule has 0 aliphatic heterocycles. The van der Waals surface area contributed by atoms with Gasteiger partial charge in [0.1, 0.15) is 0 Å². The number of hydrogen-bond acceptors (Lipinski definition) is 0. The van der Waals surface area contributed by atoms with Crippen molar-refractivity contribution in [2.75, 3.05) is 0 Å². The van der Waals surface area contributed by atoms with Crippen LogP contribution in [0.3, 0.4) is 0 Å². The predicted octanol–water partition coefficient (Wildman–Crippen LogP) is 2.62. The fourth-order valence-corrected chi connectivity index (χ4v) is 3.66. The zero-order valence-electron chi connectivity index (χ0n) is 7.15. The van der Waals surface area contributed by atoms with E-state index in [1.54, 1.807) is 0 Å². The summed E-state index contributed by atoms with van der Waals surface area (Å²) in [6, 6.07) is 10.3. The highest BCUT2D eigenvalue weighted by molar-refractivity contribution is 7.15. The summed E-state index contributed by atoms with van der Waals surface area (Å²) in [5, 5.41) is 1.29. The van der Waals surface area contributed by atoms with Crippen molar-refractivity contribution in [2.45, 2.75) is 5.54 Å². The van der Waals surface area contributed by atoms with Gasteiger partial charge in [-0.2, -0.15) is 11.1 Å². The van der Waals surface area contributed by atoms with Crippen LogP contribution in [0.4, 0.5) is 0 Å². The second kappa shape index (κ2) is 3.94. The topological polar surface area (TPSA) is 0 Å². The van der Waals surface area contributed by atoms with Crippen LogP contribution in [0, 0.1) is 0 Å². The van der Waals surface area contributed by atoms with E-state index >= 15 is 0 Å². The molecule has 13 heavy (non-hydrogen) atoms. The summed E-state index contributed by atoms with van der Waals surface area (Å²) < 4.78 is 0. The van der Waals surface area contributed by atoms with E-state index in [9.17, 15) is 0 Å². The van der Waals surface area contributed by atoms with Crippen LogP contribution < -0.4 is 5.19 Å². The van der Waals surface area contributed by atoms with Gasteiger partial charge in [-0.15, -0.1) is 0 Å². The van der Waals surface area contributed by atoms with E-state index in [-0.39, 0.29) is 0 Å². The normalized spacial score (nSPS) is 15.8. The van der Waals surface area contributed by atoms with Crippen molar-refractivity contribution in [3.63, 3.8) is 0 Å². The number of allylic oxidation sites excluding steroid dienone is 4. The monoisotopic (exact) mass is 205 g/mol. The molecule has 0 amide bonds. The summed E-state index contributed by atoms with van der Waals surface area (Å²) in [7, 11) is -0.946. The first-order chi connectivity index (χ1) is 6.38. The van der Waals surface area contributed by atoms with Crippen molar-refractivity contribution in [3.8, 4) is 0 Å². The zero-order valence-corrected chi connectivity index (χ0v) is 8.91. The number of rotatable bonds is 2. The first-order valence-electron chi connectivity index (χ1n) is 4.31. The second-order valence-electron chi connectivity index (χ2n) is 3.01. The number of benzene rings is 1. The van der Waals surface area contributed by atoms with E-state index < -0.39 is 8.11 Å². The molecule has 0 saturated heterocycles. The highest BCUT2D eigenvalue weighted by atomic mass is 35.6. The fraction of sp³-hybridized carbons (Fsp3) is 0.0909. The molecule has 1 aliphatic rings. The van der Waals surface area contributed by atoms with Crippen molar-refractivity contribution in [1.82, 2.24) is 0 Å². The van der Waals surface area contributed by atoms with Crippen molar-refractivity contribution >= 4 is 24.4 Å². The third kappa shape index (κ3) is 1.93. The van der Waals surface area contributed by atoms with Crippen LogP contribution in [0.25, 0.3) is 0 Å². The van der Waals surface area contributed by atoms with Crippen molar-refractivity contribution in [1.29, 1.82) is 0 Å². The van der Waals surface area contributed by atoms with Gasteiger partial charge in [0.15, 0.2) is 0 Å². The smallest absolute Gasteiger partial charge is 0.162 e. The predicted molar refractivity (Wildman–Crippen MR) is 59.7 cm³/mol. The van der Waals surface area contributed by atoms with Crippen molar-refractivity contribution in [3.05, 3.63) is 54.6 Å². The lowest BCUT2D eigenvalue weighted by Gasteiger charge is -2.10. The Morgan fingerprint density at radius 2 is 1.62 bits per heavy atom. The van der Waals surface area contributed by atoms with Gasteiger partial charge >= 0.3 is 0 Å². The maximum atomic E-state index is 6.41. The maximum Gasteiger partial charge on any atom is 0.210 e. The van der Waals surface area contributed by atoms with Crippen LogP contribution in [0.2, 0.25) is 5.54 Å². The molecule has 0 atom stereocenters. The van der Waals surface area contributed by atoms with Crippen LogP contribution in [0.15, 0.2) is 54.6 Å². The van der Waals surface area contributed by atoms with Gasteiger partial charge in [0.05, 0.1) is 0 Å². The molecule has 0 nitrogen and oxygen atoms in total. The van der Waals surface area contributed by atoms with Gasteiger partial charge in [-0.1, -0.05) is 54.6 Å². The average Bonchev–Trinajstić information content (AvgIpc) is 2.71. The lowest BCUT2D eigenvalue weighted by Crippen LogP contribution is -2.27. The van der Waals surface area contributed by atoms with Gasteiger partial charge in [-0.05, 0) is 5.19 Å². The molecule has 2 heteroatoms. The minimum atomic E-state index is -0.946. The molecule has 1 radical (unpaired) electrons. The summed E-state index contributed by atoms with van der Waals surface area (Å²) in [5.41, 5.74) is 0.453. The molecule has 0 bridgehead atoms. The minimum absolute atomic E-state index is 0.453. The molecule has 65 valence electrons. The Morgan fingerprint density at radius 3 is 2.23 bits per heavy atom. The summed E-state index contributed by atoms with van der Waals surface area (Å²) >= 11 is 6.41. The number of halogens is 1. The summed E-state index contributed by atoms with van der Waals surface area (Å²) in [5.74, 6) is 0. The van der Waals surface area contributed by atoms with Gasteiger partial charge in [-0.3, -0.25) is 0 Å². The second-order valence-corrected chi connectivity index (χ2v) is 6.17. The fourth-order valence-electron chi connectivity index (χ4n) is 1.39. The van der Waals surface area contributed by atoms with Gasteiger partial charge in [0.25, 0.3) is 0 Å². The summed E-state index contributed by atoms with van der Waals surface area (Å²) in [4.78, 5) is 0. The molecule has 0 saturated carbocycles. The van der Waals surface area contributed by atoms with Crippen LogP contribution in [0.1, 0.15) is 0 Å². The first-order valence-corrected chi connectivity index (χ1v) is 6.89. The molecule has 2 rings (SSSR count). The summed E-state index contributed by atoms with van der Waals surface area (Å²) in [6.07, 6.45) is 8.49. The Morgan fingerprint density at radius 1 is 1.00 bits per heavy atom. The van der Waals surface area contributed by atoms with Gasteiger partial charge in [0, 0.05) is 5.54 Å². The molecule has 1 aliphatic carbocycles. The van der Waals surface area contributed by atoms with E-state index in [1.165, 1.54) is 5.19 Å². The highest BCUT2D eigenvalue weighted by Crippen LogP contribution is 2.21. The Kier molecular flexibility index (Phi) is 2.67. The molecule has 0 fully saturated rings. The Hall–Kier alpha value is -0.793. The van der Waals surface area contributed by atoms with E-state index in [1.807, 2.05) is 18.2 Å². The molecular weight excluding hydrogens is 196 g/mol. The number of hydrogen-bond donors (Lipinski definition) is 0. The highest BCUT2D eigenvalue weighted by Gasteiger charge is 2.20. The van der Waals surface area contributed by atoms with Crippen LogP contribution in [0.5, 0.6) is 0 Å². The van der Waals surface area contributed by atoms with Crippen LogP contribution >= 0.6 is 11.1 Å². The van der Waals surface area contributed by atoms with E-state index in [2.05, 4.69) is 36.4 Å². The minimum Gasteiger partial charge on any atom is -0.162 e. The molecule has 0 aromatic heterocycles. The Balaban J connectivity index is 2.18. The zero-order chi connectivity index (χ0) is 9.10. The van der Waals surface area contributed by atoms with Gasteiger partial charge < -0.3 is 0 Å². The van der Waals surface area contributed by atoms with Crippen LogP contribution in [-0.2, 0) is 0 Å². The third-order valence-electron chi connectivity index (χ3n) is 2.09.